The highest BCUT2D eigenvalue weighted by atomic mass is 19.1. The fourth-order valence-electron chi connectivity index (χ4n) is 4.98. The number of benzene rings is 1. The first-order valence-corrected chi connectivity index (χ1v) is 12.6. The van der Waals surface area contributed by atoms with Gasteiger partial charge in [-0.3, -0.25) is 0 Å². The molecule has 2 bridgehead atoms. The maximum Gasteiger partial charge on any atom is 0.410 e. The number of aromatic nitrogens is 4. The second-order valence-electron chi connectivity index (χ2n) is 10.4. The molecule has 3 aromatic rings. The van der Waals surface area contributed by atoms with Crippen LogP contribution in [-0.4, -0.2) is 68.5 Å². The largest absolute Gasteiger partial charge is 0.471 e. The number of likely N-dealkylation sites (tertiary alicyclic amines) is 1. The Kier molecular flexibility index (Phi) is 6.13. The molecule has 0 spiro atoms. The van der Waals surface area contributed by atoms with Crippen LogP contribution in [0.3, 0.4) is 0 Å². The SMILES string of the molecule is Cn1cncc1-c1ccc(Nc2ncnc(OC3C4COCC3CN(C(=O)OC3(C)CC3)C4)c2F)c(F)c1. The maximum absolute atomic E-state index is 15.4. The molecule has 2 saturated heterocycles. The van der Waals surface area contributed by atoms with Crippen LogP contribution in [-0.2, 0) is 16.5 Å². The molecular weight excluding hydrogens is 498 g/mol. The van der Waals surface area contributed by atoms with Crippen molar-refractivity contribution in [2.75, 3.05) is 31.6 Å². The van der Waals surface area contributed by atoms with E-state index in [-0.39, 0.29) is 40.9 Å². The second-order valence-corrected chi connectivity index (χ2v) is 10.4. The third kappa shape index (κ3) is 4.75. The van der Waals surface area contributed by atoms with E-state index >= 15 is 4.39 Å². The zero-order chi connectivity index (χ0) is 26.4. The molecule has 12 heteroatoms. The van der Waals surface area contributed by atoms with Gasteiger partial charge in [0.05, 0.1) is 37.1 Å². The molecule has 200 valence electrons. The molecule has 1 aliphatic carbocycles. The van der Waals surface area contributed by atoms with Crippen LogP contribution in [0.4, 0.5) is 25.1 Å². The minimum absolute atomic E-state index is 0.0564. The molecule has 2 unspecified atom stereocenters. The van der Waals surface area contributed by atoms with Gasteiger partial charge < -0.3 is 29.0 Å². The lowest BCUT2D eigenvalue weighted by Crippen LogP contribution is -2.59. The normalized spacial score (nSPS) is 23.6. The lowest BCUT2D eigenvalue weighted by Gasteiger charge is -2.46. The topological polar surface area (TPSA) is 104 Å². The van der Waals surface area contributed by atoms with Crippen LogP contribution in [0.2, 0.25) is 0 Å². The number of anilines is 2. The van der Waals surface area contributed by atoms with Crippen molar-refractivity contribution in [2.24, 2.45) is 18.9 Å². The van der Waals surface area contributed by atoms with E-state index in [2.05, 4.69) is 20.3 Å². The lowest BCUT2D eigenvalue weighted by atomic mass is 9.84. The van der Waals surface area contributed by atoms with Crippen molar-refractivity contribution in [2.45, 2.75) is 31.5 Å². The minimum Gasteiger partial charge on any atom is -0.471 e. The minimum atomic E-state index is -0.829. The average molecular weight is 527 g/mol. The zero-order valence-electron chi connectivity index (χ0n) is 21.1. The molecule has 3 fully saturated rings. The number of halogens is 2. The van der Waals surface area contributed by atoms with E-state index in [9.17, 15) is 9.18 Å². The van der Waals surface area contributed by atoms with Crippen molar-refractivity contribution in [3.63, 3.8) is 0 Å². The van der Waals surface area contributed by atoms with Gasteiger partial charge >= 0.3 is 6.09 Å². The standard InChI is InChI=1S/C26H28F2N6O4/c1-26(5-6-26)38-25(35)34-9-16-11-36-12-17(10-34)22(16)37-24-21(28)23(30-13-31-24)32-19-4-3-15(7-18(19)27)20-8-29-14-33(20)2/h3-4,7-8,13-14,16-17,22H,5-6,9-12H2,1-2H3,(H,30,31,32). The summed E-state index contributed by atoms with van der Waals surface area (Å²) in [5.74, 6) is -2.20. The maximum atomic E-state index is 15.4. The molecule has 2 atom stereocenters. The number of nitrogens with zero attached hydrogens (tertiary/aromatic N) is 5. The molecule has 4 heterocycles. The molecule has 1 N–H and O–H groups in total. The van der Waals surface area contributed by atoms with E-state index in [1.807, 2.05) is 14.0 Å². The van der Waals surface area contributed by atoms with Gasteiger partial charge in [0.1, 0.15) is 23.8 Å². The summed E-state index contributed by atoms with van der Waals surface area (Å²) in [6.45, 7) is 3.42. The molecule has 10 nitrogen and oxygen atoms in total. The molecule has 38 heavy (non-hydrogen) atoms. The Balaban J connectivity index is 1.16. The van der Waals surface area contributed by atoms with E-state index < -0.39 is 17.7 Å². The first kappa shape index (κ1) is 24.5. The number of aryl methyl sites for hydroxylation is 1. The van der Waals surface area contributed by atoms with Crippen LogP contribution in [0, 0.1) is 23.5 Å². The number of carbonyl (C=O) groups excluding carboxylic acids is 1. The quantitative estimate of drug-likeness (QED) is 0.516. The van der Waals surface area contributed by atoms with Crippen LogP contribution in [0.5, 0.6) is 5.88 Å². The fraction of sp³-hybridized carbons (Fsp3) is 0.462. The number of piperidine rings is 1. The summed E-state index contributed by atoms with van der Waals surface area (Å²) < 4.78 is 49.4. The third-order valence-corrected chi connectivity index (χ3v) is 7.39. The molecule has 0 radical (unpaired) electrons. The van der Waals surface area contributed by atoms with Crippen LogP contribution in [0.15, 0.2) is 37.1 Å². The Morgan fingerprint density at radius 1 is 1.18 bits per heavy atom. The van der Waals surface area contributed by atoms with Crippen LogP contribution in [0.1, 0.15) is 19.8 Å². The van der Waals surface area contributed by atoms with E-state index in [1.165, 1.54) is 12.1 Å². The highest BCUT2D eigenvalue weighted by molar-refractivity contribution is 5.69. The number of imidazole rings is 1. The van der Waals surface area contributed by atoms with Gasteiger partial charge in [-0.1, -0.05) is 6.07 Å². The molecule has 2 aromatic heterocycles. The van der Waals surface area contributed by atoms with E-state index in [0.717, 1.165) is 24.9 Å². The van der Waals surface area contributed by atoms with Crippen molar-refractivity contribution in [1.29, 1.82) is 0 Å². The van der Waals surface area contributed by atoms with Crippen molar-refractivity contribution in [3.05, 3.63) is 48.7 Å². The van der Waals surface area contributed by atoms with Gasteiger partial charge in [0.2, 0.25) is 5.82 Å². The molecule has 1 amide bonds. The first-order chi connectivity index (χ1) is 18.3. The van der Waals surface area contributed by atoms with Crippen molar-refractivity contribution >= 4 is 17.6 Å². The van der Waals surface area contributed by atoms with Gasteiger partial charge in [-0.15, -0.1) is 0 Å². The van der Waals surface area contributed by atoms with E-state index in [1.54, 1.807) is 28.1 Å². The third-order valence-electron chi connectivity index (χ3n) is 7.39. The summed E-state index contributed by atoms with van der Waals surface area (Å²) in [7, 11) is 1.81. The van der Waals surface area contributed by atoms with Crippen molar-refractivity contribution < 1.29 is 27.8 Å². The average Bonchev–Trinajstić information content (AvgIpc) is 3.44. The predicted octanol–water partition coefficient (Wildman–Crippen LogP) is 3.91. The van der Waals surface area contributed by atoms with Crippen LogP contribution < -0.4 is 10.1 Å². The number of fused-ring (bicyclic) bond motifs is 2. The highest BCUT2D eigenvalue weighted by Crippen LogP contribution is 2.40. The number of ether oxygens (including phenoxy) is 3. The summed E-state index contributed by atoms with van der Waals surface area (Å²) >= 11 is 0. The fourth-order valence-corrected chi connectivity index (χ4v) is 4.98. The predicted molar refractivity (Wildman–Crippen MR) is 132 cm³/mol. The van der Waals surface area contributed by atoms with Crippen molar-refractivity contribution in [1.82, 2.24) is 24.4 Å². The van der Waals surface area contributed by atoms with Gasteiger partial charge in [0.15, 0.2) is 5.82 Å². The summed E-state index contributed by atoms with van der Waals surface area (Å²) in [5, 5.41) is 2.71. The summed E-state index contributed by atoms with van der Waals surface area (Å²) in [6, 6.07) is 4.57. The second kappa shape index (κ2) is 9.50. The Labute approximate surface area is 217 Å². The first-order valence-electron chi connectivity index (χ1n) is 12.6. The number of hydrogen-bond acceptors (Lipinski definition) is 8. The van der Waals surface area contributed by atoms with Gasteiger partial charge in [-0.05, 0) is 31.9 Å². The van der Waals surface area contributed by atoms with Gasteiger partial charge in [-0.25, -0.2) is 19.2 Å². The summed E-state index contributed by atoms with van der Waals surface area (Å²) in [6.07, 6.45) is 5.43. The van der Waals surface area contributed by atoms with Gasteiger partial charge in [0, 0.05) is 37.5 Å². The van der Waals surface area contributed by atoms with E-state index in [4.69, 9.17) is 14.2 Å². The Bertz CT molecular complexity index is 1350. The van der Waals surface area contributed by atoms with Crippen molar-refractivity contribution in [3.8, 4) is 17.1 Å². The summed E-state index contributed by atoms with van der Waals surface area (Å²) in [5.41, 5.74) is 1.08. The Morgan fingerprint density at radius 2 is 1.95 bits per heavy atom. The number of hydrogen-bond donors (Lipinski definition) is 1. The molecule has 6 rings (SSSR count). The molecule has 3 aliphatic rings. The summed E-state index contributed by atoms with van der Waals surface area (Å²) in [4.78, 5) is 26.3. The van der Waals surface area contributed by atoms with Crippen LogP contribution in [0.25, 0.3) is 11.3 Å². The molecular formula is C26H28F2N6O4. The monoisotopic (exact) mass is 526 g/mol. The number of nitrogens with one attached hydrogen (secondary N) is 1. The number of carbonyl (C=O) groups is 1. The zero-order valence-corrected chi connectivity index (χ0v) is 21.1. The molecule has 1 aromatic carbocycles. The number of rotatable bonds is 6. The lowest BCUT2D eigenvalue weighted by molar-refractivity contribution is -0.112. The Hall–Kier alpha value is -3.80. The van der Waals surface area contributed by atoms with Gasteiger partial charge in [-0.2, -0.15) is 9.37 Å². The molecule has 2 aliphatic heterocycles. The highest BCUT2D eigenvalue weighted by Gasteiger charge is 2.47. The van der Waals surface area contributed by atoms with Gasteiger partial charge in [0.25, 0.3) is 5.88 Å². The number of amides is 1. The van der Waals surface area contributed by atoms with E-state index in [0.29, 0.717) is 31.9 Å². The molecule has 1 saturated carbocycles. The smallest absolute Gasteiger partial charge is 0.410 e. The van der Waals surface area contributed by atoms with Crippen LogP contribution >= 0.6 is 0 Å². The Morgan fingerprint density at radius 3 is 2.61 bits per heavy atom.